The van der Waals surface area contributed by atoms with Crippen LogP contribution in [0.3, 0.4) is 0 Å². The second kappa shape index (κ2) is 9.20. The number of carbonyl (C=O) groups excluding carboxylic acids is 1. The van der Waals surface area contributed by atoms with E-state index in [1.54, 1.807) is 13.3 Å². The molecule has 0 saturated carbocycles. The number of pyridine rings is 1. The van der Waals surface area contributed by atoms with Crippen LogP contribution in [-0.2, 0) is 11.3 Å². The van der Waals surface area contributed by atoms with Crippen molar-refractivity contribution in [1.29, 1.82) is 0 Å². The summed E-state index contributed by atoms with van der Waals surface area (Å²) in [6.07, 6.45) is 1.64. The highest BCUT2D eigenvalue weighted by Crippen LogP contribution is 2.34. The number of ether oxygens (including phenoxy) is 1. The molecule has 5 rings (SSSR count). The van der Waals surface area contributed by atoms with Gasteiger partial charge < -0.3 is 25.3 Å². The van der Waals surface area contributed by atoms with Crippen molar-refractivity contribution in [3.05, 3.63) is 42.1 Å². The monoisotopic (exact) mass is 462 g/mol. The molecule has 4 aromatic rings. The Morgan fingerprint density at radius 3 is 2.79 bits per heavy atom. The van der Waals surface area contributed by atoms with Gasteiger partial charge in [-0.3, -0.25) is 9.78 Å². The largest absolute Gasteiger partial charge is 0.383 e. The number of rotatable bonds is 6. The Hall–Kier alpha value is -3.83. The number of benzene rings is 1. The lowest BCUT2D eigenvalue weighted by atomic mass is 10.1. The predicted molar refractivity (Wildman–Crippen MR) is 126 cm³/mol. The molecule has 3 N–H and O–H groups in total. The van der Waals surface area contributed by atoms with E-state index in [-0.39, 0.29) is 17.8 Å². The molecule has 0 aliphatic carbocycles. The predicted octanol–water partition coefficient (Wildman–Crippen LogP) is 1.81. The first-order valence-corrected chi connectivity index (χ1v) is 11.2. The van der Waals surface area contributed by atoms with Crippen LogP contribution in [0.15, 0.2) is 41.2 Å². The van der Waals surface area contributed by atoms with Crippen LogP contribution in [0, 0.1) is 0 Å². The van der Waals surface area contributed by atoms with Gasteiger partial charge in [-0.2, -0.15) is 0 Å². The minimum Gasteiger partial charge on any atom is -0.383 e. The zero-order valence-electron chi connectivity index (χ0n) is 19.1. The number of methoxy groups -OCH3 is 1. The summed E-state index contributed by atoms with van der Waals surface area (Å²) in [5.41, 5.74) is 9.65. The third-order valence-corrected chi connectivity index (χ3v) is 6.00. The second-order valence-electron chi connectivity index (χ2n) is 8.12. The van der Waals surface area contributed by atoms with Gasteiger partial charge in [-0.05, 0) is 17.2 Å². The van der Waals surface area contributed by atoms with Crippen molar-refractivity contribution in [2.45, 2.75) is 19.5 Å². The van der Waals surface area contributed by atoms with Crippen LogP contribution in [0.2, 0.25) is 0 Å². The highest BCUT2D eigenvalue weighted by atomic mass is 16.6. The fourth-order valence-electron chi connectivity index (χ4n) is 4.44. The van der Waals surface area contributed by atoms with Gasteiger partial charge in [0.15, 0.2) is 17.3 Å². The van der Waals surface area contributed by atoms with Crippen molar-refractivity contribution in [3.63, 3.8) is 0 Å². The van der Waals surface area contributed by atoms with Gasteiger partial charge >= 0.3 is 0 Å². The summed E-state index contributed by atoms with van der Waals surface area (Å²) < 4.78 is 12.0. The van der Waals surface area contributed by atoms with Gasteiger partial charge in [-0.25, -0.2) is 9.61 Å². The van der Waals surface area contributed by atoms with Gasteiger partial charge in [-0.15, -0.1) is 0 Å². The zero-order chi connectivity index (χ0) is 23.7. The fraction of sp³-hybridized carbons (Fsp3) is 0.348. The normalized spacial score (nSPS) is 16.3. The van der Waals surface area contributed by atoms with Crippen LogP contribution in [0.5, 0.6) is 0 Å². The van der Waals surface area contributed by atoms with E-state index in [1.165, 1.54) is 0 Å². The standard InChI is InChI=1S/C23H26N8O3/c1-3-31-20-16(23(32)30-10-9-25-15(12-30)13-33-2)11-26-17(14-7-5-4-6-8-14)18(20)27-22(31)19-21(24)29-34-28-19/h4-8,11,15,25H,3,9-10,12-13H2,1-2H3,(H2,24,29). The van der Waals surface area contributed by atoms with E-state index in [9.17, 15) is 4.79 Å². The summed E-state index contributed by atoms with van der Waals surface area (Å²) in [7, 11) is 1.66. The molecule has 11 nitrogen and oxygen atoms in total. The number of amides is 1. The summed E-state index contributed by atoms with van der Waals surface area (Å²) >= 11 is 0. The molecule has 4 heterocycles. The van der Waals surface area contributed by atoms with Gasteiger partial charge in [0.1, 0.15) is 5.52 Å². The highest BCUT2D eigenvalue weighted by Gasteiger charge is 2.29. The Bertz CT molecular complexity index is 1310. The molecule has 1 atom stereocenters. The summed E-state index contributed by atoms with van der Waals surface area (Å²) in [4.78, 5) is 25.1. The van der Waals surface area contributed by atoms with Crippen molar-refractivity contribution in [3.8, 4) is 22.8 Å². The lowest BCUT2D eigenvalue weighted by Gasteiger charge is -2.33. The van der Waals surface area contributed by atoms with E-state index < -0.39 is 0 Å². The SMILES string of the molecule is CCn1c(-c2nonc2N)nc2c(-c3ccccc3)ncc(C(=O)N3CCNC(COC)C3)c21. The van der Waals surface area contributed by atoms with Crippen molar-refractivity contribution < 1.29 is 14.2 Å². The van der Waals surface area contributed by atoms with E-state index in [0.29, 0.717) is 66.6 Å². The molecule has 3 aromatic heterocycles. The first-order chi connectivity index (χ1) is 16.6. The Kier molecular flexibility index (Phi) is 5.95. The number of nitrogen functional groups attached to an aromatic ring is 1. The number of hydrogen-bond donors (Lipinski definition) is 2. The van der Waals surface area contributed by atoms with Crippen molar-refractivity contribution in [2.24, 2.45) is 0 Å². The molecule has 34 heavy (non-hydrogen) atoms. The molecule has 1 saturated heterocycles. The third-order valence-electron chi connectivity index (χ3n) is 6.00. The van der Waals surface area contributed by atoms with Crippen LogP contribution in [0.4, 0.5) is 5.82 Å². The topological polar surface area (TPSA) is 137 Å². The summed E-state index contributed by atoms with van der Waals surface area (Å²) in [5.74, 6) is 0.511. The average molecular weight is 463 g/mol. The van der Waals surface area contributed by atoms with Crippen LogP contribution < -0.4 is 11.1 Å². The minimum absolute atomic E-state index is 0.0717. The summed E-state index contributed by atoms with van der Waals surface area (Å²) in [6.45, 7) is 4.86. The summed E-state index contributed by atoms with van der Waals surface area (Å²) in [5, 5.41) is 11.0. The van der Waals surface area contributed by atoms with Crippen LogP contribution in [0.25, 0.3) is 33.8 Å². The molecule has 1 aromatic carbocycles. The van der Waals surface area contributed by atoms with Gasteiger partial charge in [-0.1, -0.05) is 30.3 Å². The van der Waals surface area contributed by atoms with Gasteiger partial charge in [0.25, 0.3) is 5.91 Å². The maximum Gasteiger partial charge on any atom is 0.257 e. The number of aryl methyl sites for hydroxylation is 1. The summed E-state index contributed by atoms with van der Waals surface area (Å²) in [6, 6.07) is 9.82. The maximum atomic E-state index is 13.7. The molecule has 1 aliphatic rings. The number of nitrogens with one attached hydrogen (secondary N) is 1. The van der Waals surface area contributed by atoms with Crippen LogP contribution >= 0.6 is 0 Å². The van der Waals surface area contributed by atoms with Crippen molar-refractivity contribution >= 4 is 22.8 Å². The Labute approximate surface area is 195 Å². The number of nitrogens with two attached hydrogens (primary N) is 1. The zero-order valence-corrected chi connectivity index (χ0v) is 19.1. The molecule has 0 spiro atoms. The number of imidazole rings is 1. The molecule has 11 heteroatoms. The lowest BCUT2D eigenvalue weighted by Crippen LogP contribution is -2.54. The van der Waals surface area contributed by atoms with Crippen molar-refractivity contribution in [2.75, 3.05) is 39.1 Å². The van der Waals surface area contributed by atoms with Gasteiger partial charge in [0, 0.05) is 51.1 Å². The Balaban J connectivity index is 1.69. The molecule has 1 unspecified atom stereocenters. The Morgan fingerprint density at radius 1 is 1.26 bits per heavy atom. The van der Waals surface area contributed by atoms with Crippen molar-refractivity contribution in [1.82, 2.24) is 35.1 Å². The molecule has 1 fully saturated rings. The first-order valence-electron chi connectivity index (χ1n) is 11.2. The maximum absolute atomic E-state index is 13.7. The fourth-order valence-corrected chi connectivity index (χ4v) is 4.44. The molecular weight excluding hydrogens is 436 g/mol. The van der Waals surface area contributed by atoms with E-state index in [0.717, 1.165) is 5.56 Å². The quantitative estimate of drug-likeness (QED) is 0.439. The average Bonchev–Trinajstić information content (AvgIpc) is 3.47. The number of nitrogens with zero attached hydrogens (tertiary/aromatic N) is 6. The van der Waals surface area contributed by atoms with Crippen LogP contribution in [0.1, 0.15) is 17.3 Å². The molecule has 176 valence electrons. The van der Waals surface area contributed by atoms with E-state index in [4.69, 9.17) is 20.1 Å². The number of fused-ring (bicyclic) bond motifs is 1. The number of aromatic nitrogens is 5. The minimum atomic E-state index is -0.105. The first kappa shape index (κ1) is 22.0. The molecule has 1 aliphatic heterocycles. The lowest BCUT2D eigenvalue weighted by molar-refractivity contribution is 0.0643. The number of anilines is 1. The molecule has 0 radical (unpaired) electrons. The highest BCUT2D eigenvalue weighted by molar-refractivity contribution is 6.08. The van der Waals surface area contributed by atoms with Crippen LogP contribution in [-0.4, -0.2) is 75.0 Å². The number of hydrogen-bond acceptors (Lipinski definition) is 9. The smallest absolute Gasteiger partial charge is 0.257 e. The van der Waals surface area contributed by atoms with E-state index >= 15 is 0 Å². The molecule has 0 bridgehead atoms. The van der Waals surface area contributed by atoms with Gasteiger partial charge in [0.05, 0.1) is 23.4 Å². The third kappa shape index (κ3) is 3.78. The molecule has 1 amide bonds. The number of piperazine rings is 1. The second-order valence-corrected chi connectivity index (χ2v) is 8.12. The van der Waals surface area contributed by atoms with E-state index in [1.807, 2.05) is 46.7 Å². The van der Waals surface area contributed by atoms with Gasteiger partial charge in [0.2, 0.25) is 0 Å². The number of carbonyl (C=O) groups is 1. The Morgan fingerprint density at radius 2 is 2.09 bits per heavy atom. The molecular formula is C23H26N8O3. The van der Waals surface area contributed by atoms with E-state index in [2.05, 4.69) is 20.6 Å².